The fourth-order valence-corrected chi connectivity index (χ4v) is 2.21. The highest BCUT2D eigenvalue weighted by atomic mass is 19.1. The molecule has 96 valence electrons. The van der Waals surface area contributed by atoms with Gasteiger partial charge >= 0.3 is 0 Å². The minimum absolute atomic E-state index is 0.287. The molecule has 0 bridgehead atoms. The van der Waals surface area contributed by atoms with Crippen LogP contribution in [-0.2, 0) is 0 Å². The molecule has 0 spiro atoms. The molecule has 3 nitrogen and oxygen atoms in total. The summed E-state index contributed by atoms with van der Waals surface area (Å²) in [6.07, 6.45) is -0.387. The molecular weight excluding hydrogens is 241 g/mol. The van der Waals surface area contributed by atoms with Gasteiger partial charge in [-0.25, -0.2) is 4.39 Å². The first kappa shape index (κ1) is 11.9. The first-order valence-electron chi connectivity index (χ1n) is 6.17. The van der Waals surface area contributed by atoms with Gasteiger partial charge in [-0.2, -0.15) is 0 Å². The van der Waals surface area contributed by atoms with Gasteiger partial charge in [-0.3, -0.25) is 4.99 Å². The highest BCUT2D eigenvalue weighted by Crippen LogP contribution is 2.23. The van der Waals surface area contributed by atoms with Crippen LogP contribution in [0, 0.1) is 5.82 Å². The molecule has 0 radical (unpaired) electrons. The Hall–Kier alpha value is -2.20. The lowest BCUT2D eigenvalue weighted by atomic mass is 10.0. The normalized spacial score (nSPS) is 18.0. The van der Waals surface area contributed by atoms with E-state index in [1.807, 2.05) is 24.3 Å². The van der Waals surface area contributed by atoms with Crippen molar-refractivity contribution in [1.29, 1.82) is 0 Å². The van der Waals surface area contributed by atoms with Crippen LogP contribution in [0.15, 0.2) is 53.5 Å². The molecule has 3 N–H and O–H groups in total. The fraction of sp³-hybridized carbons (Fsp3) is 0.133. The van der Waals surface area contributed by atoms with Crippen LogP contribution < -0.4 is 11.1 Å². The van der Waals surface area contributed by atoms with Crippen LogP contribution in [0.3, 0.4) is 0 Å². The molecule has 19 heavy (non-hydrogen) atoms. The maximum absolute atomic E-state index is 14.0. The van der Waals surface area contributed by atoms with Gasteiger partial charge in [0.05, 0.1) is 12.3 Å². The van der Waals surface area contributed by atoms with E-state index < -0.39 is 0 Å². The lowest BCUT2D eigenvalue weighted by Crippen LogP contribution is -2.26. The maximum atomic E-state index is 14.0. The van der Waals surface area contributed by atoms with Crippen LogP contribution in [0.4, 0.5) is 10.1 Å². The number of benzodiazepines with no additional fused rings is 1. The van der Waals surface area contributed by atoms with Crippen LogP contribution in [0.1, 0.15) is 11.1 Å². The minimum Gasteiger partial charge on any atom is -0.381 e. The number of aliphatic imine (C=N–C) groups is 1. The molecule has 0 fully saturated rings. The molecule has 1 unspecified atom stereocenters. The summed E-state index contributed by atoms with van der Waals surface area (Å²) in [5.41, 5.74) is 8.81. The van der Waals surface area contributed by atoms with E-state index in [9.17, 15) is 4.39 Å². The van der Waals surface area contributed by atoms with E-state index in [1.165, 1.54) is 6.07 Å². The van der Waals surface area contributed by atoms with Crippen molar-refractivity contribution in [3.05, 3.63) is 65.5 Å². The first-order chi connectivity index (χ1) is 9.25. The summed E-state index contributed by atoms with van der Waals surface area (Å²) >= 11 is 0. The number of halogens is 1. The van der Waals surface area contributed by atoms with E-state index in [1.54, 1.807) is 18.2 Å². The molecule has 0 aromatic heterocycles. The molecule has 0 amide bonds. The Morgan fingerprint density at radius 1 is 1.05 bits per heavy atom. The SMILES string of the molecule is NC1CNc2ccccc2C(c2ccccc2F)=N1. The molecule has 3 rings (SSSR count). The largest absolute Gasteiger partial charge is 0.381 e. The van der Waals surface area contributed by atoms with Gasteiger partial charge in [-0.15, -0.1) is 0 Å². The maximum Gasteiger partial charge on any atom is 0.132 e. The molecule has 0 saturated heterocycles. The van der Waals surface area contributed by atoms with Crippen LogP contribution >= 0.6 is 0 Å². The summed E-state index contributed by atoms with van der Waals surface area (Å²) in [7, 11) is 0. The molecule has 0 saturated carbocycles. The van der Waals surface area contributed by atoms with Gasteiger partial charge in [0.25, 0.3) is 0 Å². The standard InChI is InChI=1S/C15H14FN3/c16-12-7-3-1-5-10(12)15-11-6-2-4-8-13(11)18-9-14(17)19-15/h1-8,14,18H,9,17H2. The second-order valence-electron chi connectivity index (χ2n) is 4.45. The number of rotatable bonds is 1. The molecule has 4 heteroatoms. The molecule has 0 aliphatic carbocycles. The van der Waals surface area contributed by atoms with Crippen molar-refractivity contribution >= 4 is 11.4 Å². The van der Waals surface area contributed by atoms with Crippen molar-refractivity contribution < 1.29 is 4.39 Å². The summed E-state index contributed by atoms with van der Waals surface area (Å²) < 4.78 is 14.0. The Kier molecular flexibility index (Phi) is 3.01. The number of nitrogens with two attached hydrogens (primary N) is 1. The first-order valence-corrected chi connectivity index (χ1v) is 6.17. The van der Waals surface area contributed by atoms with Crippen molar-refractivity contribution in [1.82, 2.24) is 0 Å². The van der Waals surface area contributed by atoms with Crippen molar-refractivity contribution in [3.63, 3.8) is 0 Å². The van der Waals surface area contributed by atoms with Crippen LogP contribution in [-0.4, -0.2) is 18.4 Å². The number of anilines is 1. The van der Waals surface area contributed by atoms with Gasteiger partial charge in [0, 0.05) is 16.8 Å². The van der Waals surface area contributed by atoms with E-state index in [-0.39, 0.29) is 12.0 Å². The zero-order valence-electron chi connectivity index (χ0n) is 10.3. The Bertz CT molecular complexity index is 637. The van der Waals surface area contributed by atoms with Gasteiger partial charge < -0.3 is 11.1 Å². The lowest BCUT2D eigenvalue weighted by molar-refractivity contribution is 0.625. The lowest BCUT2D eigenvalue weighted by Gasteiger charge is -2.10. The predicted molar refractivity (Wildman–Crippen MR) is 74.9 cm³/mol. The summed E-state index contributed by atoms with van der Waals surface area (Å²) in [4.78, 5) is 4.44. The van der Waals surface area contributed by atoms with Crippen molar-refractivity contribution in [2.75, 3.05) is 11.9 Å². The Morgan fingerprint density at radius 3 is 2.53 bits per heavy atom. The third-order valence-electron chi connectivity index (χ3n) is 3.11. The number of hydrogen-bond donors (Lipinski definition) is 2. The molecule has 1 atom stereocenters. The van der Waals surface area contributed by atoms with Crippen molar-refractivity contribution in [2.45, 2.75) is 6.17 Å². The van der Waals surface area contributed by atoms with Gasteiger partial charge in [0.2, 0.25) is 0 Å². The van der Waals surface area contributed by atoms with Gasteiger partial charge in [0.1, 0.15) is 12.0 Å². The third kappa shape index (κ3) is 2.22. The smallest absolute Gasteiger partial charge is 0.132 e. The second kappa shape index (κ2) is 4.82. The topological polar surface area (TPSA) is 50.4 Å². The molecule has 1 aliphatic heterocycles. The summed E-state index contributed by atoms with van der Waals surface area (Å²) in [5.74, 6) is -0.287. The number of para-hydroxylation sites is 1. The van der Waals surface area contributed by atoms with E-state index in [0.717, 1.165) is 11.3 Å². The van der Waals surface area contributed by atoms with Crippen LogP contribution in [0.5, 0.6) is 0 Å². The average Bonchev–Trinajstić information content (AvgIpc) is 2.59. The van der Waals surface area contributed by atoms with E-state index in [2.05, 4.69) is 10.3 Å². The van der Waals surface area contributed by atoms with Gasteiger partial charge in [0.15, 0.2) is 0 Å². The zero-order valence-corrected chi connectivity index (χ0v) is 10.3. The molecular formula is C15H14FN3. The number of fused-ring (bicyclic) bond motifs is 1. The molecule has 1 aliphatic rings. The number of nitrogens with zero attached hydrogens (tertiary/aromatic N) is 1. The second-order valence-corrected chi connectivity index (χ2v) is 4.45. The van der Waals surface area contributed by atoms with Crippen molar-refractivity contribution in [2.24, 2.45) is 10.7 Å². The van der Waals surface area contributed by atoms with Gasteiger partial charge in [-0.05, 0) is 18.2 Å². The van der Waals surface area contributed by atoms with E-state index in [4.69, 9.17) is 5.73 Å². The van der Waals surface area contributed by atoms with E-state index >= 15 is 0 Å². The third-order valence-corrected chi connectivity index (χ3v) is 3.11. The average molecular weight is 255 g/mol. The molecule has 2 aromatic rings. The number of benzene rings is 2. The highest BCUT2D eigenvalue weighted by Gasteiger charge is 2.19. The van der Waals surface area contributed by atoms with Crippen LogP contribution in [0.25, 0.3) is 0 Å². The summed E-state index contributed by atoms with van der Waals surface area (Å²) in [6, 6.07) is 14.3. The zero-order chi connectivity index (χ0) is 13.2. The Balaban J connectivity index is 2.20. The summed E-state index contributed by atoms with van der Waals surface area (Å²) in [6.45, 7) is 0.537. The Labute approximate surface area is 111 Å². The number of nitrogens with one attached hydrogen (secondary N) is 1. The molecule has 1 heterocycles. The minimum atomic E-state index is -0.387. The predicted octanol–water partition coefficient (Wildman–Crippen LogP) is 2.37. The Morgan fingerprint density at radius 2 is 1.74 bits per heavy atom. The fourth-order valence-electron chi connectivity index (χ4n) is 2.21. The molecule has 2 aromatic carbocycles. The number of hydrogen-bond acceptors (Lipinski definition) is 3. The van der Waals surface area contributed by atoms with Crippen molar-refractivity contribution in [3.8, 4) is 0 Å². The highest BCUT2D eigenvalue weighted by molar-refractivity contribution is 6.16. The quantitative estimate of drug-likeness (QED) is 0.822. The van der Waals surface area contributed by atoms with Gasteiger partial charge in [-0.1, -0.05) is 30.3 Å². The van der Waals surface area contributed by atoms with E-state index in [0.29, 0.717) is 17.8 Å². The van der Waals surface area contributed by atoms with Crippen LogP contribution in [0.2, 0.25) is 0 Å². The summed E-state index contributed by atoms with van der Waals surface area (Å²) in [5, 5.41) is 3.23. The monoisotopic (exact) mass is 255 g/mol.